The van der Waals surface area contributed by atoms with Crippen molar-refractivity contribution in [1.29, 1.82) is 0 Å². The van der Waals surface area contributed by atoms with Gasteiger partial charge in [0.2, 0.25) is 0 Å². The van der Waals surface area contributed by atoms with Crippen LogP contribution in [0.4, 0.5) is 0 Å². The molecule has 0 aromatic heterocycles. The molecule has 8 aromatic carbocycles. The third-order valence-electron chi connectivity index (χ3n) is 17.5. The van der Waals surface area contributed by atoms with E-state index in [1.807, 2.05) is 123 Å². The second-order valence-corrected chi connectivity index (χ2v) is 27.0. The van der Waals surface area contributed by atoms with Crippen molar-refractivity contribution in [2.75, 3.05) is 24.7 Å². The van der Waals surface area contributed by atoms with Gasteiger partial charge in [-0.05, 0) is 153 Å². The van der Waals surface area contributed by atoms with Gasteiger partial charge in [0.05, 0.1) is 36.2 Å². The number of hydrogen-bond donors (Lipinski definition) is 0. The molecule has 8 aromatic rings. The molecule has 486 valence electrons. The normalized spacial score (nSPS) is 12.0. The highest BCUT2D eigenvalue weighted by atomic mass is 32.2. The van der Waals surface area contributed by atoms with Gasteiger partial charge in [-0.2, -0.15) is 0 Å². The number of esters is 2. The number of ether oxygens (including phenoxy) is 4. The molecule has 2 unspecified atom stereocenters. The molecule has 0 saturated carbocycles. The first-order valence-corrected chi connectivity index (χ1v) is 36.5. The summed E-state index contributed by atoms with van der Waals surface area (Å²) in [6.07, 6.45) is 29.9. The van der Waals surface area contributed by atoms with Crippen LogP contribution < -0.4 is 18.9 Å². The highest BCUT2D eigenvalue weighted by Gasteiger charge is 2.19. The molecule has 0 aliphatic carbocycles. The Labute approximate surface area is 557 Å². The standard InChI is InChI=1S/C82H98O8S2/c1-5-7-9-11-13-15-17-19-21-25-53-87-75-47-41-65(42-48-75)63-29-33-67(34-30-63)79(83)89-77-51-45-71-57-69(37-39-73(71)59-77)61(3)81(85)91-55-27-23-24-28-56-92-82(86)62(4)70-38-40-74-60-78(52-46-72(74)58-70)90-80(84)68-35-31-64(32-36-68)66-43-49-76(50-44-66)88-54-26-22-20-18-16-14-12-10-8-6-2/h29-52,57-62H,5-28,53-56H2,1-4H3. The molecule has 0 saturated heterocycles. The Morgan fingerprint density at radius 3 is 0.946 bits per heavy atom. The number of fused-ring (bicyclic) bond motifs is 2. The van der Waals surface area contributed by atoms with Crippen LogP contribution in [0, 0.1) is 0 Å². The summed E-state index contributed by atoms with van der Waals surface area (Å²) >= 11 is 2.78. The van der Waals surface area contributed by atoms with Crippen molar-refractivity contribution in [2.45, 2.75) is 194 Å². The molecule has 2 atom stereocenters. The van der Waals surface area contributed by atoms with E-state index in [0.29, 0.717) is 22.6 Å². The van der Waals surface area contributed by atoms with E-state index in [2.05, 4.69) is 38.1 Å². The first-order valence-electron chi connectivity index (χ1n) is 34.6. The fourth-order valence-electron chi connectivity index (χ4n) is 11.6. The van der Waals surface area contributed by atoms with E-state index in [4.69, 9.17) is 18.9 Å². The number of carbonyl (C=O) groups excluding carboxylic acids is 4. The van der Waals surface area contributed by atoms with Crippen LogP contribution in [-0.4, -0.2) is 46.9 Å². The summed E-state index contributed by atoms with van der Waals surface area (Å²) in [6, 6.07) is 54.5. The lowest BCUT2D eigenvalue weighted by Gasteiger charge is -2.13. The van der Waals surface area contributed by atoms with Gasteiger partial charge < -0.3 is 18.9 Å². The molecular formula is C82H98O8S2. The van der Waals surface area contributed by atoms with E-state index in [-0.39, 0.29) is 22.1 Å². The second kappa shape index (κ2) is 39.4. The van der Waals surface area contributed by atoms with E-state index in [0.717, 1.165) is 130 Å². The molecule has 92 heavy (non-hydrogen) atoms. The van der Waals surface area contributed by atoms with Crippen molar-refractivity contribution in [2.24, 2.45) is 0 Å². The fourth-order valence-corrected chi connectivity index (χ4v) is 13.4. The lowest BCUT2D eigenvalue weighted by Crippen LogP contribution is -2.08. The lowest BCUT2D eigenvalue weighted by molar-refractivity contribution is -0.112. The molecule has 8 rings (SSSR count). The second-order valence-electron chi connectivity index (χ2n) is 24.8. The maximum absolute atomic E-state index is 13.3. The van der Waals surface area contributed by atoms with Crippen molar-refractivity contribution in [3.05, 3.63) is 192 Å². The molecule has 0 aliphatic heterocycles. The monoisotopic (exact) mass is 1270 g/mol. The molecule has 0 spiro atoms. The Bertz CT molecular complexity index is 3290. The van der Waals surface area contributed by atoms with Crippen molar-refractivity contribution in [3.8, 4) is 45.3 Å². The van der Waals surface area contributed by atoms with Gasteiger partial charge in [-0.1, -0.05) is 277 Å². The van der Waals surface area contributed by atoms with Gasteiger partial charge in [0.1, 0.15) is 23.0 Å². The van der Waals surface area contributed by atoms with Crippen molar-refractivity contribution < 1.29 is 38.1 Å². The topological polar surface area (TPSA) is 105 Å². The zero-order valence-corrected chi connectivity index (χ0v) is 56.8. The summed E-state index contributed by atoms with van der Waals surface area (Å²) < 4.78 is 23.7. The number of thioether (sulfide) groups is 2. The summed E-state index contributed by atoms with van der Waals surface area (Å²) in [5.41, 5.74) is 6.97. The van der Waals surface area contributed by atoms with Crippen LogP contribution in [0.15, 0.2) is 170 Å². The molecule has 10 heteroatoms. The number of rotatable bonds is 41. The fraction of sp³-hybridized carbons (Fsp3) is 0.415. The minimum absolute atomic E-state index is 0.144. The molecular weight excluding hydrogens is 1180 g/mol. The minimum Gasteiger partial charge on any atom is -0.494 e. The Morgan fingerprint density at radius 2 is 0.598 bits per heavy atom. The van der Waals surface area contributed by atoms with Gasteiger partial charge in [-0.15, -0.1) is 0 Å². The van der Waals surface area contributed by atoms with Crippen molar-refractivity contribution in [1.82, 2.24) is 0 Å². The summed E-state index contributed by atoms with van der Waals surface area (Å²) in [7, 11) is 0. The summed E-state index contributed by atoms with van der Waals surface area (Å²) in [6.45, 7) is 9.92. The minimum atomic E-state index is -0.423. The first-order chi connectivity index (χ1) is 45.0. The molecule has 0 heterocycles. The number of unbranched alkanes of at least 4 members (excludes halogenated alkanes) is 21. The van der Waals surface area contributed by atoms with Crippen LogP contribution in [0.5, 0.6) is 23.0 Å². The predicted octanol–water partition coefficient (Wildman–Crippen LogP) is 23.4. The van der Waals surface area contributed by atoms with E-state index < -0.39 is 11.9 Å². The molecule has 0 N–H and O–H groups in total. The highest BCUT2D eigenvalue weighted by molar-refractivity contribution is 8.14. The average Bonchev–Trinajstić information content (AvgIpc) is 1.04. The maximum atomic E-state index is 13.3. The van der Waals surface area contributed by atoms with Crippen LogP contribution in [0.1, 0.15) is 225 Å². The Hall–Kier alpha value is -7.14. The van der Waals surface area contributed by atoms with Crippen LogP contribution in [0.2, 0.25) is 0 Å². The number of carbonyl (C=O) groups is 4. The van der Waals surface area contributed by atoms with Gasteiger partial charge in [0, 0.05) is 11.5 Å². The molecule has 0 amide bonds. The average molecular weight is 1280 g/mol. The molecule has 8 nitrogen and oxygen atoms in total. The zero-order chi connectivity index (χ0) is 64.5. The summed E-state index contributed by atoms with van der Waals surface area (Å²) in [5.74, 6) is 2.81. The summed E-state index contributed by atoms with van der Waals surface area (Å²) in [5, 5.41) is 4.08. The zero-order valence-electron chi connectivity index (χ0n) is 55.2. The number of hydrogen-bond acceptors (Lipinski definition) is 10. The molecule has 0 fully saturated rings. The van der Waals surface area contributed by atoms with Crippen LogP contribution in [0.3, 0.4) is 0 Å². The Kier molecular flexibility index (Phi) is 30.3. The van der Waals surface area contributed by atoms with E-state index in [1.165, 1.54) is 139 Å². The smallest absolute Gasteiger partial charge is 0.343 e. The molecule has 0 bridgehead atoms. The summed E-state index contributed by atoms with van der Waals surface area (Å²) in [4.78, 5) is 53.1. The number of benzene rings is 8. The van der Waals surface area contributed by atoms with Crippen LogP contribution >= 0.6 is 23.5 Å². The van der Waals surface area contributed by atoms with Gasteiger partial charge >= 0.3 is 11.9 Å². The Morgan fingerprint density at radius 1 is 0.315 bits per heavy atom. The Balaban J connectivity index is 0.669. The van der Waals surface area contributed by atoms with Crippen LogP contribution in [0.25, 0.3) is 43.8 Å². The quantitative estimate of drug-likeness (QED) is 0.0209. The first kappa shape index (κ1) is 70.7. The van der Waals surface area contributed by atoms with Gasteiger partial charge in [-0.25, -0.2) is 9.59 Å². The van der Waals surface area contributed by atoms with Gasteiger partial charge in [0.25, 0.3) is 0 Å². The van der Waals surface area contributed by atoms with E-state index in [9.17, 15) is 19.2 Å². The highest BCUT2D eigenvalue weighted by Crippen LogP contribution is 2.33. The largest absolute Gasteiger partial charge is 0.494 e. The third kappa shape index (κ3) is 23.5. The van der Waals surface area contributed by atoms with E-state index >= 15 is 0 Å². The van der Waals surface area contributed by atoms with Gasteiger partial charge in [-0.3, -0.25) is 9.59 Å². The molecule has 0 radical (unpaired) electrons. The van der Waals surface area contributed by atoms with Crippen LogP contribution in [-0.2, 0) is 9.59 Å². The molecule has 0 aliphatic rings. The predicted molar refractivity (Wildman–Crippen MR) is 386 cm³/mol. The lowest BCUT2D eigenvalue weighted by atomic mass is 9.98. The van der Waals surface area contributed by atoms with Crippen molar-refractivity contribution in [3.63, 3.8) is 0 Å². The third-order valence-corrected chi connectivity index (χ3v) is 19.7. The van der Waals surface area contributed by atoms with Crippen molar-refractivity contribution >= 4 is 67.2 Å². The van der Waals surface area contributed by atoms with E-state index in [1.54, 1.807) is 36.4 Å². The maximum Gasteiger partial charge on any atom is 0.343 e. The van der Waals surface area contributed by atoms with Gasteiger partial charge in [0.15, 0.2) is 10.2 Å². The SMILES string of the molecule is CCCCCCCCCCCCOc1ccc(-c2ccc(C(=O)Oc3ccc4cc(C(C)C(=O)SCCCCCCSC(=O)C(C)c5ccc6cc(OC(=O)c7ccc(-c8ccc(OCCCCCCCCCCCC)cc8)cc7)ccc6c5)ccc4c3)cc2)cc1.